The highest BCUT2D eigenvalue weighted by molar-refractivity contribution is 5.30. The average molecular weight is 229 g/mol. The summed E-state index contributed by atoms with van der Waals surface area (Å²) in [6.45, 7) is 2.09. The SMILES string of the molecule is Cc1cccc(Oc2ccc(CCO)cc2)n1. The van der Waals surface area contributed by atoms with Crippen LogP contribution in [-0.4, -0.2) is 16.7 Å². The lowest BCUT2D eigenvalue weighted by molar-refractivity contribution is 0.299. The van der Waals surface area contributed by atoms with Crippen molar-refractivity contribution in [1.82, 2.24) is 4.98 Å². The Hall–Kier alpha value is -1.87. The molecule has 0 aliphatic heterocycles. The van der Waals surface area contributed by atoms with E-state index in [0.717, 1.165) is 17.0 Å². The number of ether oxygens (including phenoxy) is 1. The number of nitrogens with zero attached hydrogens (tertiary/aromatic N) is 1. The second-order valence-corrected chi connectivity index (χ2v) is 3.84. The molecule has 0 atom stereocenters. The zero-order chi connectivity index (χ0) is 12.1. The lowest BCUT2D eigenvalue weighted by atomic mass is 10.1. The fourth-order valence-corrected chi connectivity index (χ4v) is 1.55. The van der Waals surface area contributed by atoms with Gasteiger partial charge in [-0.2, -0.15) is 0 Å². The molecule has 3 heteroatoms. The van der Waals surface area contributed by atoms with Crippen molar-refractivity contribution >= 4 is 0 Å². The molecule has 0 amide bonds. The van der Waals surface area contributed by atoms with Gasteiger partial charge in [0.2, 0.25) is 5.88 Å². The zero-order valence-corrected chi connectivity index (χ0v) is 9.76. The van der Waals surface area contributed by atoms with Gasteiger partial charge in [0.1, 0.15) is 5.75 Å². The normalized spacial score (nSPS) is 10.2. The van der Waals surface area contributed by atoms with Crippen LogP contribution in [0.3, 0.4) is 0 Å². The number of aliphatic hydroxyl groups is 1. The Morgan fingerprint density at radius 2 is 1.88 bits per heavy atom. The van der Waals surface area contributed by atoms with Crippen molar-refractivity contribution in [2.75, 3.05) is 6.61 Å². The van der Waals surface area contributed by atoms with Gasteiger partial charge in [0.05, 0.1) is 0 Å². The van der Waals surface area contributed by atoms with E-state index in [0.29, 0.717) is 12.3 Å². The highest BCUT2D eigenvalue weighted by Crippen LogP contribution is 2.19. The molecule has 0 spiro atoms. The first kappa shape index (κ1) is 11.6. The predicted octanol–water partition coefficient (Wildman–Crippen LogP) is 2.72. The minimum absolute atomic E-state index is 0.166. The summed E-state index contributed by atoms with van der Waals surface area (Å²) >= 11 is 0. The van der Waals surface area contributed by atoms with Gasteiger partial charge in [0, 0.05) is 18.4 Å². The summed E-state index contributed by atoms with van der Waals surface area (Å²) in [4.78, 5) is 4.27. The van der Waals surface area contributed by atoms with Gasteiger partial charge >= 0.3 is 0 Å². The quantitative estimate of drug-likeness (QED) is 0.876. The summed E-state index contributed by atoms with van der Waals surface area (Å²) in [5.74, 6) is 1.35. The van der Waals surface area contributed by atoms with Gasteiger partial charge in [-0.05, 0) is 37.1 Å². The summed E-state index contributed by atoms with van der Waals surface area (Å²) in [6.07, 6.45) is 0.670. The van der Waals surface area contributed by atoms with Crippen LogP contribution in [0.1, 0.15) is 11.3 Å². The second kappa shape index (κ2) is 5.46. The van der Waals surface area contributed by atoms with Gasteiger partial charge in [-0.25, -0.2) is 4.98 Å². The van der Waals surface area contributed by atoms with Crippen molar-refractivity contribution in [1.29, 1.82) is 0 Å². The van der Waals surface area contributed by atoms with Crippen LogP contribution in [0.5, 0.6) is 11.6 Å². The largest absolute Gasteiger partial charge is 0.439 e. The average Bonchev–Trinajstić information content (AvgIpc) is 2.32. The van der Waals surface area contributed by atoms with E-state index in [9.17, 15) is 0 Å². The molecule has 17 heavy (non-hydrogen) atoms. The Morgan fingerprint density at radius 1 is 1.12 bits per heavy atom. The predicted molar refractivity (Wildman–Crippen MR) is 66.3 cm³/mol. The maximum atomic E-state index is 8.81. The maximum absolute atomic E-state index is 8.81. The van der Waals surface area contributed by atoms with Gasteiger partial charge in [0.25, 0.3) is 0 Å². The molecule has 1 heterocycles. The summed E-state index contributed by atoms with van der Waals surface area (Å²) in [6, 6.07) is 13.3. The standard InChI is InChI=1S/C14H15NO2/c1-11-3-2-4-14(15-11)17-13-7-5-12(6-8-13)9-10-16/h2-8,16H,9-10H2,1H3. The van der Waals surface area contributed by atoms with Gasteiger partial charge in [0.15, 0.2) is 0 Å². The molecule has 0 bridgehead atoms. The van der Waals surface area contributed by atoms with Crippen molar-refractivity contribution in [2.24, 2.45) is 0 Å². The first-order chi connectivity index (χ1) is 8.28. The summed E-state index contributed by atoms with van der Waals surface area (Å²) in [5.41, 5.74) is 2.02. The molecule has 1 aromatic carbocycles. The smallest absolute Gasteiger partial charge is 0.219 e. The van der Waals surface area contributed by atoms with E-state index in [1.54, 1.807) is 0 Å². The lowest BCUT2D eigenvalue weighted by Gasteiger charge is -2.06. The number of hydrogen-bond acceptors (Lipinski definition) is 3. The van der Waals surface area contributed by atoms with E-state index in [4.69, 9.17) is 9.84 Å². The molecule has 0 radical (unpaired) electrons. The van der Waals surface area contributed by atoms with Crippen LogP contribution in [0.25, 0.3) is 0 Å². The van der Waals surface area contributed by atoms with E-state index in [1.165, 1.54) is 0 Å². The van der Waals surface area contributed by atoms with E-state index in [2.05, 4.69) is 4.98 Å². The number of aromatic nitrogens is 1. The summed E-state index contributed by atoms with van der Waals surface area (Å²) in [7, 11) is 0. The van der Waals surface area contributed by atoms with Crippen LogP contribution in [0.4, 0.5) is 0 Å². The van der Waals surface area contributed by atoms with Crippen LogP contribution in [0, 0.1) is 6.92 Å². The number of aryl methyl sites for hydroxylation is 1. The molecule has 2 rings (SSSR count). The lowest BCUT2D eigenvalue weighted by Crippen LogP contribution is -1.92. The first-order valence-electron chi connectivity index (χ1n) is 5.59. The maximum Gasteiger partial charge on any atom is 0.219 e. The third kappa shape index (κ3) is 3.29. The molecule has 0 aliphatic carbocycles. The minimum Gasteiger partial charge on any atom is -0.439 e. The van der Waals surface area contributed by atoms with Gasteiger partial charge in [-0.3, -0.25) is 0 Å². The molecular weight excluding hydrogens is 214 g/mol. The molecule has 0 saturated carbocycles. The van der Waals surface area contributed by atoms with Gasteiger partial charge < -0.3 is 9.84 Å². The van der Waals surface area contributed by atoms with E-state index < -0.39 is 0 Å². The Labute approximate surface area is 101 Å². The van der Waals surface area contributed by atoms with Gasteiger partial charge in [-0.1, -0.05) is 18.2 Å². The number of hydrogen-bond donors (Lipinski definition) is 1. The molecule has 3 nitrogen and oxygen atoms in total. The molecule has 1 N–H and O–H groups in total. The van der Waals surface area contributed by atoms with E-state index in [-0.39, 0.29) is 6.61 Å². The molecule has 0 aliphatic rings. The topological polar surface area (TPSA) is 42.4 Å². The number of rotatable bonds is 4. The molecule has 2 aromatic rings. The fraction of sp³-hybridized carbons (Fsp3) is 0.214. The van der Waals surface area contributed by atoms with Crippen molar-refractivity contribution in [2.45, 2.75) is 13.3 Å². The molecule has 88 valence electrons. The third-order valence-corrected chi connectivity index (χ3v) is 2.41. The second-order valence-electron chi connectivity index (χ2n) is 3.84. The van der Waals surface area contributed by atoms with Crippen molar-refractivity contribution in [3.05, 3.63) is 53.7 Å². The van der Waals surface area contributed by atoms with Crippen molar-refractivity contribution < 1.29 is 9.84 Å². The Morgan fingerprint density at radius 3 is 2.53 bits per heavy atom. The third-order valence-electron chi connectivity index (χ3n) is 2.41. The molecule has 0 saturated heterocycles. The fourth-order valence-electron chi connectivity index (χ4n) is 1.55. The van der Waals surface area contributed by atoms with Crippen LogP contribution >= 0.6 is 0 Å². The first-order valence-corrected chi connectivity index (χ1v) is 5.59. The van der Waals surface area contributed by atoms with Crippen LogP contribution in [0.2, 0.25) is 0 Å². The highest BCUT2D eigenvalue weighted by Gasteiger charge is 1.99. The highest BCUT2D eigenvalue weighted by atomic mass is 16.5. The van der Waals surface area contributed by atoms with Crippen LogP contribution in [0.15, 0.2) is 42.5 Å². The van der Waals surface area contributed by atoms with Crippen molar-refractivity contribution in [3.63, 3.8) is 0 Å². The Kier molecular flexibility index (Phi) is 3.73. The number of benzene rings is 1. The number of pyridine rings is 1. The Bertz CT molecular complexity index is 480. The zero-order valence-electron chi connectivity index (χ0n) is 9.76. The summed E-state index contributed by atoms with van der Waals surface area (Å²) < 4.78 is 5.62. The van der Waals surface area contributed by atoms with Crippen molar-refractivity contribution in [3.8, 4) is 11.6 Å². The van der Waals surface area contributed by atoms with Crippen LogP contribution in [-0.2, 0) is 6.42 Å². The monoisotopic (exact) mass is 229 g/mol. The molecule has 0 fully saturated rings. The van der Waals surface area contributed by atoms with Gasteiger partial charge in [-0.15, -0.1) is 0 Å². The summed E-state index contributed by atoms with van der Waals surface area (Å²) in [5, 5.41) is 8.81. The minimum atomic E-state index is 0.166. The molecule has 0 unspecified atom stereocenters. The van der Waals surface area contributed by atoms with Crippen LogP contribution < -0.4 is 4.74 Å². The Balaban J connectivity index is 2.08. The molecular formula is C14H15NO2. The van der Waals surface area contributed by atoms with E-state index >= 15 is 0 Å². The molecule has 1 aromatic heterocycles. The van der Waals surface area contributed by atoms with E-state index in [1.807, 2.05) is 49.4 Å². The number of aliphatic hydroxyl groups excluding tert-OH is 1.